The van der Waals surface area contributed by atoms with E-state index in [0.717, 1.165) is 12.8 Å². The molecule has 1 saturated carbocycles. The number of halogens is 1. The number of H-pyrrole nitrogens is 1. The Morgan fingerprint density at radius 2 is 2.06 bits per heavy atom. The van der Waals surface area contributed by atoms with Crippen LogP contribution in [-0.4, -0.2) is 56.4 Å². The van der Waals surface area contributed by atoms with Crippen LogP contribution >= 0.6 is 11.6 Å². The normalized spacial score (nSPS) is 23.1. The van der Waals surface area contributed by atoms with E-state index >= 15 is 0 Å². The van der Waals surface area contributed by atoms with Crippen LogP contribution in [0.3, 0.4) is 0 Å². The van der Waals surface area contributed by atoms with Crippen LogP contribution in [0.4, 0.5) is 5.82 Å². The van der Waals surface area contributed by atoms with Crippen molar-refractivity contribution in [3.63, 3.8) is 0 Å². The van der Waals surface area contributed by atoms with Gasteiger partial charge in [-0.2, -0.15) is 0 Å². The molecule has 1 aliphatic carbocycles. The minimum absolute atomic E-state index is 0.0628. The number of imidazole rings is 1. The lowest BCUT2D eigenvalue weighted by molar-refractivity contribution is -0.172. The number of rotatable bonds is 6. The third-order valence-electron chi connectivity index (χ3n) is 5.49. The number of ether oxygens (including phenoxy) is 3. The van der Waals surface area contributed by atoms with Crippen LogP contribution in [0.15, 0.2) is 36.9 Å². The number of fused-ring (bicyclic) bond motifs is 1. The Morgan fingerprint density at radius 1 is 1.30 bits per heavy atom. The third-order valence-corrected chi connectivity index (χ3v) is 5.75. The van der Waals surface area contributed by atoms with Crippen molar-refractivity contribution in [3.8, 4) is 0 Å². The second-order valence-corrected chi connectivity index (χ2v) is 8.55. The summed E-state index contributed by atoms with van der Waals surface area (Å²) in [4.78, 5) is 26.0. The van der Waals surface area contributed by atoms with Gasteiger partial charge in [0.05, 0.1) is 25.0 Å². The Hall–Kier alpha value is -2.79. The summed E-state index contributed by atoms with van der Waals surface area (Å²) < 4.78 is 16.7. The first-order valence-electron chi connectivity index (χ1n) is 10.7. The number of aromatic amines is 1. The fourth-order valence-electron chi connectivity index (χ4n) is 3.44. The fraction of sp³-hybridized carbons (Fsp3) is 0.455. The molecule has 4 N–H and O–H groups in total. The molecule has 1 aromatic carbocycles. The summed E-state index contributed by atoms with van der Waals surface area (Å²) in [6, 6.07) is 6.84. The highest BCUT2D eigenvalue weighted by Gasteiger charge is 2.39. The highest BCUT2D eigenvalue weighted by Crippen LogP contribution is 2.32. The molecule has 3 aromatic rings. The molecule has 176 valence electrons. The molecule has 1 saturated heterocycles. The van der Waals surface area contributed by atoms with Gasteiger partial charge in [0.1, 0.15) is 24.6 Å². The molecule has 0 amide bonds. The van der Waals surface area contributed by atoms with Crippen molar-refractivity contribution in [1.29, 1.82) is 0 Å². The molecule has 0 bridgehead atoms. The molecule has 3 heterocycles. The average Bonchev–Trinajstić information content (AvgIpc) is 3.45. The van der Waals surface area contributed by atoms with E-state index in [0.29, 0.717) is 34.2 Å². The molecule has 0 spiro atoms. The zero-order valence-corrected chi connectivity index (χ0v) is 18.8. The predicted molar refractivity (Wildman–Crippen MR) is 120 cm³/mol. The second kappa shape index (κ2) is 10.4. The molecule has 2 aliphatic rings. The Morgan fingerprint density at radius 3 is 2.76 bits per heavy atom. The predicted octanol–water partition coefficient (Wildman–Crippen LogP) is 2.64. The van der Waals surface area contributed by atoms with E-state index < -0.39 is 6.29 Å². The zero-order valence-electron chi connectivity index (χ0n) is 18.1. The highest BCUT2D eigenvalue weighted by molar-refractivity contribution is 6.30. The van der Waals surface area contributed by atoms with Crippen LogP contribution in [0.1, 0.15) is 31.6 Å². The number of aliphatic hydroxyl groups excluding tert-OH is 1. The summed E-state index contributed by atoms with van der Waals surface area (Å²) in [7, 11) is 0. The Kier molecular flexibility index (Phi) is 7.39. The minimum Gasteiger partial charge on any atom is -0.463 e. The van der Waals surface area contributed by atoms with Gasteiger partial charge in [0.15, 0.2) is 17.8 Å². The number of nitrogen functional groups attached to an aromatic ring is 1. The van der Waals surface area contributed by atoms with Crippen molar-refractivity contribution < 1.29 is 24.1 Å². The molecule has 11 heteroatoms. The smallest absolute Gasteiger partial charge is 0.309 e. The van der Waals surface area contributed by atoms with Gasteiger partial charge in [0.25, 0.3) is 0 Å². The van der Waals surface area contributed by atoms with E-state index in [1.54, 1.807) is 24.3 Å². The summed E-state index contributed by atoms with van der Waals surface area (Å²) in [6.45, 7) is 2.67. The van der Waals surface area contributed by atoms with Crippen LogP contribution in [0.25, 0.3) is 11.2 Å². The van der Waals surface area contributed by atoms with Crippen LogP contribution in [0.5, 0.6) is 0 Å². The minimum atomic E-state index is -1.07. The Labute approximate surface area is 195 Å². The molecule has 3 unspecified atom stereocenters. The summed E-state index contributed by atoms with van der Waals surface area (Å²) >= 11 is 5.84. The first-order chi connectivity index (χ1) is 15.9. The number of carbonyl (C=O) groups is 1. The first kappa shape index (κ1) is 23.4. The number of benzene rings is 1. The second-order valence-electron chi connectivity index (χ2n) is 8.12. The number of hydrogen-bond acceptors (Lipinski definition) is 9. The monoisotopic (exact) mass is 475 g/mol. The van der Waals surface area contributed by atoms with E-state index in [-0.39, 0.29) is 36.6 Å². The summed E-state index contributed by atoms with van der Waals surface area (Å²) in [5.41, 5.74) is 7.41. The van der Waals surface area contributed by atoms with Gasteiger partial charge in [-0.1, -0.05) is 30.7 Å². The van der Waals surface area contributed by atoms with E-state index in [2.05, 4.69) is 19.9 Å². The molecular weight excluding hydrogens is 450 g/mol. The lowest BCUT2D eigenvalue weighted by Crippen LogP contribution is -2.34. The van der Waals surface area contributed by atoms with Crippen molar-refractivity contribution in [2.75, 3.05) is 18.9 Å². The Bertz CT molecular complexity index is 1070. The largest absolute Gasteiger partial charge is 0.463 e. The average molecular weight is 476 g/mol. The van der Waals surface area contributed by atoms with Crippen molar-refractivity contribution in [3.05, 3.63) is 47.5 Å². The van der Waals surface area contributed by atoms with Gasteiger partial charge in [0.2, 0.25) is 0 Å². The van der Waals surface area contributed by atoms with Crippen molar-refractivity contribution >= 4 is 34.6 Å². The topological polar surface area (TPSA) is 145 Å². The molecule has 0 radical (unpaired) electrons. The number of nitrogens with zero attached hydrogens (tertiary/aromatic N) is 3. The van der Waals surface area contributed by atoms with E-state index in [4.69, 9.17) is 31.5 Å². The quantitative estimate of drug-likeness (QED) is 0.361. The summed E-state index contributed by atoms with van der Waals surface area (Å²) in [5.74, 6) is 0.446. The highest BCUT2D eigenvalue weighted by atomic mass is 35.5. The van der Waals surface area contributed by atoms with Crippen molar-refractivity contribution in [2.24, 2.45) is 11.8 Å². The SMILES string of the molecule is C[C@@H]1COC(COC(=O)C2CC2)C1OC(O)c1ccc(Cl)cc1.Nc1ncnc2nc[nH]c12. The van der Waals surface area contributed by atoms with Gasteiger partial charge in [-0.3, -0.25) is 4.79 Å². The molecule has 4 atom stereocenters. The third kappa shape index (κ3) is 5.97. The number of hydrogen-bond donors (Lipinski definition) is 3. The molecule has 33 heavy (non-hydrogen) atoms. The number of carbonyl (C=O) groups excluding carboxylic acids is 1. The van der Waals surface area contributed by atoms with Crippen LogP contribution in [0.2, 0.25) is 5.02 Å². The van der Waals surface area contributed by atoms with E-state index in [1.165, 1.54) is 12.7 Å². The van der Waals surface area contributed by atoms with Gasteiger partial charge in [-0.25, -0.2) is 15.0 Å². The maximum atomic E-state index is 11.6. The zero-order chi connectivity index (χ0) is 23.4. The molecule has 2 aromatic heterocycles. The molecule has 10 nitrogen and oxygen atoms in total. The van der Waals surface area contributed by atoms with Crippen LogP contribution in [0, 0.1) is 11.8 Å². The maximum Gasteiger partial charge on any atom is 0.309 e. The van der Waals surface area contributed by atoms with Crippen LogP contribution in [-0.2, 0) is 19.0 Å². The fourth-order valence-corrected chi connectivity index (χ4v) is 3.56. The van der Waals surface area contributed by atoms with Crippen molar-refractivity contribution in [2.45, 2.75) is 38.3 Å². The van der Waals surface area contributed by atoms with Crippen LogP contribution < -0.4 is 5.73 Å². The maximum absolute atomic E-state index is 11.6. The van der Waals surface area contributed by atoms with E-state index in [1.807, 2.05) is 6.92 Å². The van der Waals surface area contributed by atoms with Crippen molar-refractivity contribution in [1.82, 2.24) is 19.9 Å². The number of nitrogens with two attached hydrogens (primary N) is 1. The van der Waals surface area contributed by atoms with Gasteiger partial charge in [-0.05, 0) is 25.0 Å². The molecule has 5 rings (SSSR count). The van der Waals surface area contributed by atoms with Gasteiger partial charge in [-0.15, -0.1) is 0 Å². The summed E-state index contributed by atoms with van der Waals surface area (Å²) in [5, 5.41) is 10.9. The van der Waals surface area contributed by atoms with Gasteiger partial charge >= 0.3 is 5.97 Å². The number of aliphatic hydroxyl groups is 1. The number of esters is 1. The number of anilines is 1. The lowest BCUT2D eigenvalue weighted by Gasteiger charge is -2.24. The molecular formula is C22H26ClN5O5. The van der Waals surface area contributed by atoms with E-state index in [9.17, 15) is 9.90 Å². The number of aromatic nitrogens is 4. The first-order valence-corrected chi connectivity index (χ1v) is 11.1. The summed E-state index contributed by atoms with van der Waals surface area (Å²) in [6.07, 6.45) is 3.01. The molecule has 1 aliphatic heterocycles. The lowest BCUT2D eigenvalue weighted by atomic mass is 10.0. The van der Waals surface area contributed by atoms with Gasteiger partial charge in [0, 0.05) is 16.5 Å². The van der Waals surface area contributed by atoms with Gasteiger partial charge < -0.3 is 30.0 Å². The standard InChI is InChI=1S/C17H21ClO5.C5H5N5/c1-10-8-21-14(9-22-16(19)11-2-3-11)15(10)23-17(20)12-4-6-13(18)7-5-12;6-4-3-5(9-1-7-3)10-2-8-4/h4-7,10-11,14-15,17,20H,2-3,8-9H2,1H3;1-2H,(H3,6,7,8,9,10)/t10-,14?,15?,17?;/m1./s1. The molecule has 2 fully saturated rings. The Balaban J connectivity index is 0.000000214. The number of nitrogens with one attached hydrogen (secondary N) is 1.